The second-order valence-corrected chi connectivity index (χ2v) is 13.7. The van der Waals surface area contributed by atoms with Gasteiger partial charge in [0.1, 0.15) is 0 Å². The summed E-state index contributed by atoms with van der Waals surface area (Å²) < 4.78 is 0. The fourth-order valence-corrected chi connectivity index (χ4v) is 8.91. The van der Waals surface area contributed by atoms with Gasteiger partial charge in [0.05, 0.1) is 11.4 Å². The third kappa shape index (κ3) is 4.09. The van der Waals surface area contributed by atoms with E-state index >= 15 is 0 Å². The lowest BCUT2D eigenvalue weighted by molar-refractivity contribution is 1.22. The lowest BCUT2D eigenvalue weighted by Crippen LogP contribution is -2.65. The summed E-state index contributed by atoms with van der Waals surface area (Å²) >= 11 is 0. The third-order valence-corrected chi connectivity index (χ3v) is 10.9. The molecule has 0 N–H and O–H groups in total. The van der Waals surface area contributed by atoms with E-state index in [1.54, 1.807) is 0 Å². The minimum atomic E-state index is 0.00779. The largest absolute Gasteiger partial charge is 0.311 e. The Labute approximate surface area is 304 Å². The maximum absolute atomic E-state index is 2.57. The highest BCUT2D eigenvalue weighted by atomic mass is 15.2. The molecule has 0 saturated heterocycles. The topological polar surface area (TPSA) is 9.72 Å². The van der Waals surface area contributed by atoms with Crippen LogP contribution in [0.2, 0.25) is 0 Å². The first-order valence-corrected chi connectivity index (χ1v) is 18.0. The Morgan fingerprint density at radius 3 is 1.02 bits per heavy atom. The molecule has 0 spiro atoms. The van der Waals surface area contributed by atoms with Gasteiger partial charge < -0.3 is 14.7 Å². The first-order chi connectivity index (χ1) is 25.9. The highest BCUT2D eigenvalue weighted by molar-refractivity contribution is 7.03. The van der Waals surface area contributed by atoms with E-state index in [0.717, 1.165) is 17.1 Å². The number of anilines is 9. The second-order valence-electron chi connectivity index (χ2n) is 13.7. The Balaban J connectivity index is 1.35. The molecule has 52 heavy (non-hydrogen) atoms. The minimum absolute atomic E-state index is 0.00779. The molecular weight excluding hydrogens is 629 g/mol. The normalized spacial score (nSPS) is 13.2. The zero-order chi connectivity index (χ0) is 34.2. The molecule has 0 amide bonds. The van der Waals surface area contributed by atoms with E-state index in [9.17, 15) is 0 Å². The minimum Gasteiger partial charge on any atom is -0.311 e. The third-order valence-electron chi connectivity index (χ3n) is 10.9. The van der Waals surface area contributed by atoms with Crippen molar-refractivity contribution in [3.05, 3.63) is 194 Å². The van der Waals surface area contributed by atoms with Gasteiger partial charge in [-0.15, -0.1) is 0 Å². The fraction of sp³-hybridized carbons (Fsp3) is 0. The van der Waals surface area contributed by atoms with Crippen molar-refractivity contribution in [2.75, 3.05) is 14.7 Å². The molecule has 11 rings (SSSR count). The Kier molecular flexibility index (Phi) is 6.35. The Morgan fingerprint density at radius 1 is 0.269 bits per heavy atom. The van der Waals surface area contributed by atoms with Crippen LogP contribution in [-0.2, 0) is 0 Å². The molecule has 0 radical (unpaired) electrons. The van der Waals surface area contributed by atoms with Crippen LogP contribution in [0.15, 0.2) is 194 Å². The molecular formula is C48H32BN3. The van der Waals surface area contributed by atoms with Crippen molar-refractivity contribution in [3.8, 4) is 22.3 Å². The van der Waals surface area contributed by atoms with Crippen molar-refractivity contribution in [1.29, 1.82) is 0 Å². The SMILES string of the molecule is c1ccc(-c2ccc3c4c2N(c2ccccc2)c2c(-c5ccccc5)ccc5c2B4c2c(cccc2N5c2ccccc2)N3c2ccccc2)cc1. The molecule has 242 valence electrons. The molecule has 3 heterocycles. The van der Waals surface area contributed by atoms with Crippen LogP contribution in [0.1, 0.15) is 0 Å². The molecule has 0 unspecified atom stereocenters. The Bertz CT molecular complexity index is 2470. The number of para-hydroxylation sites is 3. The number of nitrogens with zero attached hydrogens (tertiary/aromatic N) is 3. The molecule has 8 aromatic carbocycles. The maximum Gasteiger partial charge on any atom is 0.257 e. The summed E-state index contributed by atoms with van der Waals surface area (Å²) in [4.78, 5) is 7.56. The van der Waals surface area contributed by atoms with E-state index in [2.05, 4.69) is 209 Å². The molecule has 3 aliphatic heterocycles. The van der Waals surface area contributed by atoms with Crippen LogP contribution in [0, 0.1) is 0 Å². The number of hydrogen-bond acceptors (Lipinski definition) is 3. The molecule has 0 aromatic heterocycles. The summed E-state index contributed by atoms with van der Waals surface area (Å²) in [6.45, 7) is 0.00779. The van der Waals surface area contributed by atoms with Crippen LogP contribution in [0.4, 0.5) is 51.2 Å². The van der Waals surface area contributed by atoms with Crippen LogP contribution in [-0.4, -0.2) is 6.71 Å². The summed E-state index contributed by atoms with van der Waals surface area (Å²) in [7, 11) is 0. The molecule has 8 aromatic rings. The molecule has 0 saturated carbocycles. The van der Waals surface area contributed by atoms with E-state index in [4.69, 9.17) is 0 Å². The molecule has 0 fully saturated rings. The zero-order valence-corrected chi connectivity index (χ0v) is 28.4. The van der Waals surface area contributed by atoms with Crippen molar-refractivity contribution >= 4 is 74.3 Å². The van der Waals surface area contributed by atoms with Gasteiger partial charge in [-0.2, -0.15) is 0 Å². The number of benzene rings is 8. The van der Waals surface area contributed by atoms with E-state index in [1.165, 1.54) is 72.8 Å². The second kappa shape index (κ2) is 11.4. The quantitative estimate of drug-likeness (QED) is 0.170. The zero-order valence-electron chi connectivity index (χ0n) is 28.4. The molecule has 3 aliphatic rings. The molecule has 0 aliphatic carbocycles. The van der Waals surface area contributed by atoms with Gasteiger partial charge in [-0.3, -0.25) is 0 Å². The van der Waals surface area contributed by atoms with E-state index < -0.39 is 0 Å². The Hall–Kier alpha value is -6.78. The van der Waals surface area contributed by atoms with Crippen molar-refractivity contribution in [1.82, 2.24) is 0 Å². The van der Waals surface area contributed by atoms with Crippen LogP contribution in [0.25, 0.3) is 22.3 Å². The van der Waals surface area contributed by atoms with Crippen molar-refractivity contribution < 1.29 is 0 Å². The highest BCUT2D eigenvalue weighted by Gasteiger charge is 2.50. The summed E-state index contributed by atoms with van der Waals surface area (Å²) in [5.41, 5.74) is 19.6. The van der Waals surface area contributed by atoms with Crippen LogP contribution < -0.4 is 31.1 Å². The predicted molar refractivity (Wildman–Crippen MR) is 220 cm³/mol. The lowest BCUT2D eigenvalue weighted by atomic mass is 9.31. The maximum atomic E-state index is 2.57. The molecule has 4 heteroatoms. The van der Waals surface area contributed by atoms with E-state index in [0.29, 0.717) is 0 Å². The van der Waals surface area contributed by atoms with Gasteiger partial charge in [-0.05, 0) is 88.2 Å². The Morgan fingerprint density at radius 2 is 0.615 bits per heavy atom. The monoisotopic (exact) mass is 661 g/mol. The van der Waals surface area contributed by atoms with Crippen LogP contribution in [0.5, 0.6) is 0 Å². The summed E-state index contributed by atoms with van der Waals surface area (Å²) in [6, 6.07) is 70.8. The van der Waals surface area contributed by atoms with Crippen molar-refractivity contribution in [2.45, 2.75) is 0 Å². The average molecular weight is 662 g/mol. The van der Waals surface area contributed by atoms with Crippen LogP contribution in [0.3, 0.4) is 0 Å². The molecule has 0 bridgehead atoms. The predicted octanol–water partition coefficient (Wildman–Crippen LogP) is 10.9. The molecule has 3 nitrogen and oxygen atoms in total. The number of hydrogen-bond donors (Lipinski definition) is 0. The highest BCUT2D eigenvalue weighted by Crippen LogP contribution is 2.54. The lowest BCUT2D eigenvalue weighted by Gasteiger charge is -2.50. The smallest absolute Gasteiger partial charge is 0.257 e. The van der Waals surface area contributed by atoms with E-state index in [-0.39, 0.29) is 6.71 Å². The first-order valence-electron chi connectivity index (χ1n) is 18.0. The standard InChI is InChI=1S/C48H32BN3/c1-6-17-33(18-7-1)38-29-31-42-45-47(38)52(37-25-14-5-15-26-37)48-39(34-19-8-2-9-20-34)30-32-43-46(48)49(45)44-40(50(42)35-21-10-3-11-22-35)27-16-28-41(44)51(43)36-23-12-4-13-24-36/h1-32H. The fourth-order valence-electron chi connectivity index (χ4n) is 8.91. The van der Waals surface area contributed by atoms with Crippen molar-refractivity contribution in [2.24, 2.45) is 0 Å². The first kappa shape index (κ1) is 29.0. The summed E-state index contributed by atoms with van der Waals surface area (Å²) in [6.07, 6.45) is 0. The van der Waals surface area contributed by atoms with Gasteiger partial charge in [0.25, 0.3) is 6.71 Å². The van der Waals surface area contributed by atoms with Gasteiger partial charge in [0, 0.05) is 50.9 Å². The van der Waals surface area contributed by atoms with Gasteiger partial charge in [0.2, 0.25) is 0 Å². The van der Waals surface area contributed by atoms with Gasteiger partial charge in [-0.1, -0.05) is 133 Å². The van der Waals surface area contributed by atoms with Crippen molar-refractivity contribution in [3.63, 3.8) is 0 Å². The van der Waals surface area contributed by atoms with Crippen LogP contribution >= 0.6 is 0 Å². The van der Waals surface area contributed by atoms with Gasteiger partial charge >= 0.3 is 0 Å². The summed E-state index contributed by atoms with van der Waals surface area (Å²) in [5, 5.41) is 0. The number of rotatable bonds is 5. The molecule has 0 atom stereocenters. The van der Waals surface area contributed by atoms with Gasteiger partial charge in [0.15, 0.2) is 0 Å². The summed E-state index contributed by atoms with van der Waals surface area (Å²) in [5.74, 6) is 0. The van der Waals surface area contributed by atoms with Gasteiger partial charge in [-0.25, -0.2) is 0 Å². The van der Waals surface area contributed by atoms with E-state index in [1.807, 2.05) is 0 Å². The average Bonchev–Trinajstić information content (AvgIpc) is 3.22.